The normalized spacial score (nSPS) is 19.1. The van der Waals surface area contributed by atoms with Gasteiger partial charge in [-0.15, -0.1) is 0 Å². The van der Waals surface area contributed by atoms with Gasteiger partial charge in [-0.2, -0.15) is 0 Å². The lowest BCUT2D eigenvalue weighted by atomic mass is 9.81. The molecule has 0 amide bonds. The van der Waals surface area contributed by atoms with Crippen LogP contribution in [-0.4, -0.2) is 19.2 Å². The Morgan fingerprint density at radius 2 is 1.56 bits per heavy atom. The highest BCUT2D eigenvalue weighted by atomic mass is 127. The van der Waals surface area contributed by atoms with Crippen LogP contribution in [0.1, 0.15) is 23.6 Å². The topological polar surface area (TPSA) is 36.9 Å². The second-order valence-electron chi connectivity index (χ2n) is 10.6. The average Bonchev–Trinajstić information content (AvgIpc) is 3.61. The van der Waals surface area contributed by atoms with Crippen LogP contribution in [0, 0.1) is 0 Å². The second-order valence-corrected chi connectivity index (χ2v) is 11.3. The van der Waals surface area contributed by atoms with E-state index in [1.54, 1.807) is 0 Å². The molecule has 8 rings (SSSR count). The van der Waals surface area contributed by atoms with Gasteiger partial charge in [-0.3, -0.25) is 0 Å². The van der Waals surface area contributed by atoms with Gasteiger partial charge in [0.2, 0.25) is 6.79 Å². The van der Waals surface area contributed by atoms with Crippen molar-refractivity contribution in [2.45, 2.75) is 23.4 Å². The summed E-state index contributed by atoms with van der Waals surface area (Å²) >= 11 is 2.47. The molecule has 0 radical (unpaired) electrons. The molecule has 1 aliphatic carbocycles. The molecular formula is C34H25IO4. The van der Waals surface area contributed by atoms with E-state index in [1.807, 2.05) is 6.07 Å². The second kappa shape index (κ2) is 8.73. The Bertz CT molecular complexity index is 1830. The molecule has 1 unspecified atom stereocenters. The van der Waals surface area contributed by atoms with Crippen molar-refractivity contribution in [2.24, 2.45) is 0 Å². The zero-order chi connectivity index (χ0) is 26.1. The number of hydrogen-bond acceptors (Lipinski definition) is 4. The van der Waals surface area contributed by atoms with E-state index >= 15 is 0 Å². The van der Waals surface area contributed by atoms with Crippen LogP contribution < -0.4 is 9.47 Å². The first-order valence-electron chi connectivity index (χ1n) is 13.2. The highest BCUT2D eigenvalue weighted by Gasteiger charge is 2.41. The first-order chi connectivity index (χ1) is 19.1. The fraction of sp³-hybridized carbons (Fsp3) is 0.176. The molecule has 5 aromatic carbocycles. The van der Waals surface area contributed by atoms with Crippen molar-refractivity contribution in [3.63, 3.8) is 0 Å². The van der Waals surface area contributed by atoms with Gasteiger partial charge in [0.25, 0.3) is 0 Å². The zero-order valence-electron chi connectivity index (χ0n) is 21.4. The number of benzene rings is 5. The zero-order valence-corrected chi connectivity index (χ0v) is 23.6. The Morgan fingerprint density at radius 3 is 2.38 bits per heavy atom. The van der Waals surface area contributed by atoms with Crippen molar-refractivity contribution in [3.05, 3.63) is 101 Å². The third kappa shape index (κ3) is 3.52. The van der Waals surface area contributed by atoms with E-state index in [-0.39, 0.29) is 12.4 Å². The van der Waals surface area contributed by atoms with Crippen molar-refractivity contribution >= 4 is 50.2 Å². The largest absolute Gasteiger partial charge is 0.469 e. The van der Waals surface area contributed by atoms with E-state index in [2.05, 4.69) is 108 Å². The molecule has 3 aliphatic rings. The molecule has 0 bridgehead atoms. The number of alkyl halides is 1. The van der Waals surface area contributed by atoms with E-state index in [1.165, 1.54) is 44.0 Å². The van der Waals surface area contributed by atoms with Gasteiger partial charge in [0.05, 0.1) is 0 Å². The average molecular weight is 624 g/mol. The molecule has 1 saturated heterocycles. The van der Waals surface area contributed by atoms with Crippen LogP contribution in [0.25, 0.3) is 49.9 Å². The van der Waals surface area contributed by atoms with E-state index < -0.39 is 0 Å². The summed E-state index contributed by atoms with van der Waals surface area (Å²) in [6.45, 7) is 2.67. The minimum Gasteiger partial charge on any atom is -0.469 e. The Morgan fingerprint density at radius 1 is 0.769 bits per heavy atom. The summed E-state index contributed by atoms with van der Waals surface area (Å²) < 4.78 is 24.8. The van der Waals surface area contributed by atoms with Crippen LogP contribution in [0.4, 0.5) is 0 Å². The van der Waals surface area contributed by atoms with E-state index in [4.69, 9.17) is 18.9 Å². The van der Waals surface area contributed by atoms with Gasteiger partial charge in [-0.25, -0.2) is 0 Å². The van der Waals surface area contributed by atoms with E-state index in [0.717, 1.165) is 44.6 Å². The predicted octanol–water partition coefficient (Wildman–Crippen LogP) is 8.65. The fourth-order valence-electron chi connectivity index (χ4n) is 6.36. The van der Waals surface area contributed by atoms with E-state index in [9.17, 15) is 0 Å². The van der Waals surface area contributed by atoms with Crippen molar-refractivity contribution in [1.82, 2.24) is 0 Å². The molecule has 5 heteroatoms. The van der Waals surface area contributed by atoms with Gasteiger partial charge in [0.1, 0.15) is 11.4 Å². The molecular weight excluding hydrogens is 599 g/mol. The minimum absolute atomic E-state index is 0.241. The van der Waals surface area contributed by atoms with Crippen LogP contribution in [0.3, 0.4) is 0 Å². The molecule has 1 atom stereocenters. The molecule has 2 aliphatic heterocycles. The fourth-order valence-corrected chi connectivity index (χ4v) is 6.96. The molecule has 2 heterocycles. The summed E-state index contributed by atoms with van der Waals surface area (Å²) in [7, 11) is 0. The Hall–Kier alpha value is -3.55. The maximum absolute atomic E-state index is 6.04. The van der Waals surface area contributed by atoms with Crippen molar-refractivity contribution in [2.75, 3.05) is 13.6 Å². The maximum atomic E-state index is 6.04. The Balaban J connectivity index is 1.41. The number of fused-ring (bicyclic) bond motifs is 8. The van der Waals surface area contributed by atoms with Gasteiger partial charge in [-0.1, -0.05) is 89.3 Å². The highest BCUT2D eigenvalue weighted by molar-refractivity contribution is 14.1. The quantitative estimate of drug-likeness (QED) is 0.114. The highest BCUT2D eigenvalue weighted by Crippen LogP contribution is 2.50. The van der Waals surface area contributed by atoms with Crippen molar-refractivity contribution < 1.29 is 18.9 Å². The molecule has 192 valence electrons. The van der Waals surface area contributed by atoms with Gasteiger partial charge in [-0.05, 0) is 74.8 Å². The Labute approximate surface area is 240 Å². The first-order valence-corrected chi connectivity index (χ1v) is 14.7. The van der Waals surface area contributed by atoms with E-state index in [0.29, 0.717) is 6.79 Å². The van der Waals surface area contributed by atoms with Gasteiger partial charge in [0.15, 0.2) is 18.3 Å². The molecule has 0 N–H and O–H groups in total. The predicted molar refractivity (Wildman–Crippen MR) is 163 cm³/mol. The van der Waals surface area contributed by atoms with Crippen LogP contribution in [0.2, 0.25) is 0 Å². The SMILES string of the molecule is CC12Cc3ccc4c(c(CI)cc5c6c(cc(-c7ccc(-c8ccccc8)cc7)c54)OCO6)c3C=C1OCO2. The molecule has 0 spiro atoms. The maximum Gasteiger partial charge on any atom is 0.231 e. The van der Waals surface area contributed by atoms with Gasteiger partial charge >= 0.3 is 0 Å². The van der Waals surface area contributed by atoms with Crippen LogP contribution >= 0.6 is 22.6 Å². The van der Waals surface area contributed by atoms with Gasteiger partial charge < -0.3 is 18.9 Å². The number of ether oxygens (including phenoxy) is 4. The molecule has 4 nitrogen and oxygen atoms in total. The van der Waals surface area contributed by atoms with Crippen LogP contribution in [-0.2, 0) is 20.3 Å². The summed E-state index contributed by atoms with van der Waals surface area (Å²) in [5.74, 6) is 2.55. The third-order valence-electron chi connectivity index (χ3n) is 8.31. The smallest absolute Gasteiger partial charge is 0.231 e. The minimum atomic E-state index is -0.389. The number of rotatable bonds is 3. The Kier molecular flexibility index (Phi) is 5.23. The molecule has 5 aromatic rings. The molecule has 0 aromatic heterocycles. The van der Waals surface area contributed by atoms with Gasteiger partial charge in [0, 0.05) is 21.6 Å². The monoisotopic (exact) mass is 624 g/mol. The summed E-state index contributed by atoms with van der Waals surface area (Å²) in [6.07, 6.45) is 3.01. The lowest BCUT2D eigenvalue weighted by Crippen LogP contribution is -2.31. The summed E-state index contributed by atoms with van der Waals surface area (Å²) in [5, 5.41) is 4.78. The summed E-state index contributed by atoms with van der Waals surface area (Å²) in [4.78, 5) is 0. The lowest BCUT2D eigenvalue weighted by Gasteiger charge is -2.29. The summed E-state index contributed by atoms with van der Waals surface area (Å²) in [6, 6.07) is 28.3. The molecule has 39 heavy (non-hydrogen) atoms. The number of halogens is 1. The molecule has 1 fully saturated rings. The van der Waals surface area contributed by atoms with Crippen molar-refractivity contribution in [1.29, 1.82) is 0 Å². The third-order valence-corrected chi connectivity index (χ3v) is 9.13. The van der Waals surface area contributed by atoms with Crippen molar-refractivity contribution in [3.8, 4) is 33.8 Å². The van der Waals surface area contributed by atoms with Crippen LogP contribution in [0.15, 0.2) is 84.6 Å². The molecule has 0 saturated carbocycles. The first kappa shape index (κ1) is 23.3. The summed E-state index contributed by atoms with van der Waals surface area (Å²) in [5.41, 5.74) is 8.13. The lowest BCUT2D eigenvalue weighted by molar-refractivity contribution is 0.00266. The number of hydrogen-bond donors (Lipinski definition) is 0. The van der Waals surface area contributed by atoms with Crippen LogP contribution in [0.5, 0.6) is 11.5 Å². The standard InChI is InChI=1S/C34H25IO4/c1-34-16-23-11-12-25-31(27(23)15-30(34)37-19-39-34)24(17-35)13-28-32(25)26(14-29-33(28)38-18-36-29)22-9-7-21(8-10-22)20-5-3-2-4-6-20/h2-15H,16-19H2,1H3.